The summed E-state index contributed by atoms with van der Waals surface area (Å²) in [7, 11) is 0. The zero-order chi connectivity index (χ0) is 15.4. The summed E-state index contributed by atoms with van der Waals surface area (Å²) in [6.07, 6.45) is 0.826. The third kappa shape index (κ3) is 4.05. The molecule has 6 heteroatoms. The third-order valence-corrected chi connectivity index (χ3v) is 2.75. The number of hydrogen-bond donors (Lipinski definition) is 1. The predicted molar refractivity (Wildman–Crippen MR) is 77.7 cm³/mol. The zero-order valence-corrected chi connectivity index (χ0v) is 12.2. The number of rotatable bonds is 5. The van der Waals surface area contributed by atoms with Crippen LogP contribution in [-0.4, -0.2) is 16.1 Å². The molecule has 0 aliphatic rings. The molecule has 112 valence electrons. The second-order valence-corrected chi connectivity index (χ2v) is 4.88. The van der Waals surface area contributed by atoms with Crippen molar-refractivity contribution in [1.82, 2.24) is 9.97 Å². The number of hydrogen-bond acceptors (Lipinski definition) is 5. The lowest BCUT2D eigenvalue weighted by atomic mass is 10.1. The quantitative estimate of drug-likeness (QED) is 0.916. The van der Waals surface area contributed by atoms with Crippen LogP contribution in [0.1, 0.15) is 32.4 Å². The van der Waals surface area contributed by atoms with E-state index in [-0.39, 0.29) is 24.0 Å². The topological polar surface area (TPSA) is 70.3 Å². The van der Waals surface area contributed by atoms with E-state index in [0.717, 1.165) is 17.5 Å². The number of anilines is 1. The minimum atomic E-state index is -0.662. The van der Waals surface area contributed by atoms with E-state index in [1.165, 1.54) is 0 Å². The van der Waals surface area contributed by atoms with Crippen LogP contribution in [0.5, 0.6) is 11.8 Å². The molecule has 0 saturated carbocycles. The minimum Gasteiger partial charge on any atom is -0.491 e. The fraction of sp³-hybridized carbons (Fsp3) is 0.333. The Morgan fingerprint density at radius 3 is 2.33 bits per heavy atom. The standard InChI is InChI=1S/C15H18FN3O2/c1-9(2)20-12-6-4-11(5-7-12)10(3)21-15-18-8-13(16)14(17)19-15/h4-10H,1-3H3,(H2,17,18,19). The van der Waals surface area contributed by atoms with E-state index in [0.29, 0.717) is 0 Å². The van der Waals surface area contributed by atoms with Crippen molar-refractivity contribution in [3.8, 4) is 11.8 Å². The van der Waals surface area contributed by atoms with Crippen LogP contribution in [0.4, 0.5) is 10.2 Å². The summed E-state index contributed by atoms with van der Waals surface area (Å²) in [6.45, 7) is 5.78. The number of benzene rings is 1. The van der Waals surface area contributed by atoms with Gasteiger partial charge in [-0.15, -0.1) is 0 Å². The van der Waals surface area contributed by atoms with Gasteiger partial charge in [0.2, 0.25) is 0 Å². The van der Waals surface area contributed by atoms with Gasteiger partial charge in [-0.25, -0.2) is 9.37 Å². The summed E-state index contributed by atoms with van der Waals surface area (Å²) in [5.74, 6) is -0.0960. The van der Waals surface area contributed by atoms with E-state index in [9.17, 15) is 4.39 Å². The third-order valence-electron chi connectivity index (χ3n) is 2.75. The summed E-state index contributed by atoms with van der Waals surface area (Å²) in [4.78, 5) is 7.49. The van der Waals surface area contributed by atoms with Crippen LogP contribution in [0.25, 0.3) is 0 Å². The van der Waals surface area contributed by atoms with Gasteiger partial charge < -0.3 is 15.2 Å². The number of nitrogen functional groups attached to an aromatic ring is 1. The molecule has 21 heavy (non-hydrogen) atoms. The van der Waals surface area contributed by atoms with Crippen molar-refractivity contribution in [3.63, 3.8) is 0 Å². The van der Waals surface area contributed by atoms with Gasteiger partial charge in [0.05, 0.1) is 12.3 Å². The Morgan fingerprint density at radius 2 is 1.76 bits per heavy atom. The Hall–Kier alpha value is -2.37. The fourth-order valence-corrected chi connectivity index (χ4v) is 1.74. The average molecular weight is 291 g/mol. The first-order valence-electron chi connectivity index (χ1n) is 6.67. The molecule has 0 amide bonds. The van der Waals surface area contributed by atoms with Crippen molar-refractivity contribution in [2.75, 3.05) is 5.73 Å². The Morgan fingerprint density at radius 1 is 1.10 bits per heavy atom. The lowest BCUT2D eigenvalue weighted by Crippen LogP contribution is -2.08. The van der Waals surface area contributed by atoms with Crippen molar-refractivity contribution < 1.29 is 13.9 Å². The summed E-state index contributed by atoms with van der Waals surface area (Å²) in [6, 6.07) is 7.58. The normalized spacial score (nSPS) is 12.2. The van der Waals surface area contributed by atoms with Crippen molar-refractivity contribution in [2.24, 2.45) is 0 Å². The highest BCUT2D eigenvalue weighted by Gasteiger charge is 2.11. The van der Waals surface area contributed by atoms with Crippen LogP contribution < -0.4 is 15.2 Å². The lowest BCUT2D eigenvalue weighted by Gasteiger charge is -2.15. The summed E-state index contributed by atoms with van der Waals surface area (Å²) < 4.78 is 24.1. The molecule has 1 aromatic carbocycles. The molecule has 2 N–H and O–H groups in total. The molecule has 1 atom stereocenters. The molecule has 0 saturated heterocycles. The summed E-state index contributed by atoms with van der Waals surface area (Å²) in [5.41, 5.74) is 6.31. The molecule has 2 rings (SSSR count). The molecule has 0 aliphatic carbocycles. The van der Waals surface area contributed by atoms with E-state index in [4.69, 9.17) is 15.2 Å². The van der Waals surface area contributed by atoms with Gasteiger partial charge in [-0.2, -0.15) is 4.98 Å². The summed E-state index contributed by atoms with van der Waals surface area (Å²) in [5, 5.41) is 0. The first-order chi connectivity index (χ1) is 9.95. The number of ether oxygens (including phenoxy) is 2. The van der Waals surface area contributed by atoms with Gasteiger partial charge in [0.25, 0.3) is 0 Å². The maximum Gasteiger partial charge on any atom is 0.319 e. The Kier molecular flexibility index (Phi) is 4.57. The smallest absolute Gasteiger partial charge is 0.319 e. The van der Waals surface area contributed by atoms with E-state index < -0.39 is 5.82 Å². The van der Waals surface area contributed by atoms with Gasteiger partial charge >= 0.3 is 6.01 Å². The molecule has 1 aromatic heterocycles. The van der Waals surface area contributed by atoms with Gasteiger partial charge in [0, 0.05) is 0 Å². The van der Waals surface area contributed by atoms with E-state index in [1.54, 1.807) is 0 Å². The largest absolute Gasteiger partial charge is 0.491 e. The number of nitrogens with two attached hydrogens (primary N) is 1. The Labute approximate surface area is 122 Å². The van der Waals surface area contributed by atoms with Crippen LogP contribution in [0.2, 0.25) is 0 Å². The predicted octanol–water partition coefficient (Wildman–Crippen LogP) is 3.13. The Bertz CT molecular complexity index is 602. The molecule has 0 spiro atoms. The molecule has 0 aliphatic heterocycles. The SMILES string of the molecule is CC(C)Oc1ccc(C(C)Oc2ncc(F)c(N)n2)cc1. The molecule has 1 heterocycles. The van der Waals surface area contributed by atoms with Crippen molar-refractivity contribution >= 4 is 5.82 Å². The van der Waals surface area contributed by atoms with Crippen LogP contribution in [0.3, 0.4) is 0 Å². The van der Waals surface area contributed by atoms with Crippen molar-refractivity contribution in [2.45, 2.75) is 33.0 Å². The number of nitrogens with zero attached hydrogens (tertiary/aromatic N) is 2. The highest BCUT2D eigenvalue weighted by Crippen LogP contribution is 2.22. The van der Waals surface area contributed by atoms with Gasteiger partial charge in [-0.1, -0.05) is 12.1 Å². The van der Waals surface area contributed by atoms with Crippen LogP contribution in [0, 0.1) is 5.82 Å². The molecule has 2 aromatic rings. The molecule has 0 bridgehead atoms. The monoisotopic (exact) mass is 291 g/mol. The molecule has 0 radical (unpaired) electrons. The average Bonchev–Trinajstić information content (AvgIpc) is 2.43. The van der Waals surface area contributed by atoms with Crippen molar-refractivity contribution in [1.29, 1.82) is 0 Å². The maximum atomic E-state index is 13.0. The second kappa shape index (κ2) is 6.39. The molecular formula is C15H18FN3O2. The second-order valence-electron chi connectivity index (χ2n) is 4.88. The van der Waals surface area contributed by atoms with Crippen LogP contribution in [-0.2, 0) is 0 Å². The van der Waals surface area contributed by atoms with Gasteiger partial charge in [-0.05, 0) is 38.5 Å². The number of aromatic nitrogens is 2. The van der Waals surface area contributed by atoms with Crippen LogP contribution in [0.15, 0.2) is 30.5 Å². The highest BCUT2D eigenvalue weighted by molar-refractivity contribution is 5.30. The lowest BCUT2D eigenvalue weighted by molar-refractivity contribution is 0.206. The zero-order valence-electron chi connectivity index (χ0n) is 12.2. The van der Waals surface area contributed by atoms with E-state index >= 15 is 0 Å². The van der Waals surface area contributed by atoms with Crippen molar-refractivity contribution in [3.05, 3.63) is 41.8 Å². The number of halogens is 1. The van der Waals surface area contributed by atoms with E-state index in [1.807, 2.05) is 45.0 Å². The maximum absolute atomic E-state index is 13.0. The Balaban J connectivity index is 2.05. The first-order valence-corrected chi connectivity index (χ1v) is 6.67. The summed E-state index contributed by atoms with van der Waals surface area (Å²) >= 11 is 0. The highest BCUT2D eigenvalue weighted by atomic mass is 19.1. The molecule has 1 unspecified atom stereocenters. The first kappa shape index (κ1) is 15.0. The van der Waals surface area contributed by atoms with Gasteiger partial charge in [0.15, 0.2) is 11.6 Å². The molecule has 5 nitrogen and oxygen atoms in total. The van der Waals surface area contributed by atoms with Gasteiger partial charge in [-0.3, -0.25) is 0 Å². The molecule has 0 fully saturated rings. The minimum absolute atomic E-state index is 0.0453. The fourth-order valence-electron chi connectivity index (χ4n) is 1.74. The molecular weight excluding hydrogens is 273 g/mol. The van der Waals surface area contributed by atoms with Gasteiger partial charge in [0.1, 0.15) is 11.9 Å². The van der Waals surface area contributed by atoms with Crippen LogP contribution >= 0.6 is 0 Å². The van der Waals surface area contributed by atoms with E-state index in [2.05, 4.69) is 9.97 Å².